The molecular formula is C22H29F3IN5. The van der Waals surface area contributed by atoms with Gasteiger partial charge in [-0.15, -0.1) is 24.0 Å². The molecule has 0 bridgehead atoms. The van der Waals surface area contributed by atoms with E-state index in [1.54, 1.807) is 6.07 Å². The summed E-state index contributed by atoms with van der Waals surface area (Å²) in [6.07, 6.45) is -3.58. The highest BCUT2D eigenvalue weighted by Crippen LogP contribution is 2.29. The van der Waals surface area contributed by atoms with Gasteiger partial charge in [0.25, 0.3) is 0 Å². The van der Waals surface area contributed by atoms with Gasteiger partial charge < -0.3 is 10.6 Å². The van der Waals surface area contributed by atoms with Crippen molar-refractivity contribution in [2.24, 2.45) is 12.0 Å². The molecule has 170 valence electrons. The van der Waals surface area contributed by atoms with Crippen molar-refractivity contribution < 1.29 is 13.2 Å². The van der Waals surface area contributed by atoms with E-state index in [1.807, 2.05) is 32.5 Å². The number of aromatic nitrogens is 2. The van der Waals surface area contributed by atoms with Gasteiger partial charge in [0.15, 0.2) is 5.96 Å². The number of nitrogens with one attached hydrogen (secondary N) is 2. The maximum atomic E-state index is 12.8. The Bertz CT molecular complexity index is 954. The monoisotopic (exact) mass is 547 g/mol. The van der Waals surface area contributed by atoms with Crippen molar-refractivity contribution in [1.29, 1.82) is 0 Å². The second kappa shape index (κ2) is 12.0. The first-order valence-corrected chi connectivity index (χ1v) is 9.81. The van der Waals surface area contributed by atoms with Gasteiger partial charge in [-0.25, -0.2) is 4.99 Å². The van der Waals surface area contributed by atoms with Gasteiger partial charge in [0.1, 0.15) is 6.54 Å². The number of hydrogen-bond acceptors (Lipinski definition) is 2. The zero-order chi connectivity index (χ0) is 22.3. The highest BCUT2D eigenvalue weighted by Gasteiger charge is 2.30. The van der Waals surface area contributed by atoms with E-state index in [2.05, 4.69) is 39.5 Å². The van der Waals surface area contributed by atoms with Crippen LogP contribution in [0.4, 0.5) is 13.2 Å². The molecule has 9 heteroatoms. The number of aliphatic imine (C=N–C) groups is 1. The number of hydrogen-bond donors (Lipinski definition) is 2. The summed E-state index contributed by atoms with van der Waals surface area (Å²) in [5.41, 5.74) is 2.96. The lowest BCUT2D eigenvalue weighted by molar-refractivity contribution is -0.137. The van der Waals surface area contributed by atoms with Crippen molar-refractivity contribution in [2.75, 3.05) is 13.1 Å². The number of rotatable bonds is 5. The largest absolute Gasteiger partial charge is 0.416 e. The minimum atomic E-state index is -4.38. The van der Waals surface area contributed by atoms with Gasteiger partial charge in [-0.05, 0) is 57.9 Å². The minimum absolute atomic E-state index is 0. The average Bonchev–Trinajstić information content (AvgIpc) is 2.91. The van der Waals surface area contributed by atoms with E-state index in [1.165, 1.54) is 11.6 Å². The quantitative estimate of drug-likeness (QED) is 0.255. The molecule has 1 aromatic heterocycles. The van der Waals surface area contributed by atoms with Crippen LogP contribution < -0.4 is 10.6 Å². The molecule has 0 saturated carbocycles. The average molecular weight is 547 g/mol. The summed E-state index contributed by atoms with van der Waals surface area (Å²) < 4.78 is 40.2. The highest BCUT2D eigenvalue weighted by atomic mass is 127. The van der Waals surface area contributed by atoms with E-state index in [9.17, 15) is 13.2 Å². The fourth-order valence-electron chi connectivity index (χ4n) is 3.06. The van der Waals surface area contributed by atoms with Gasteiger partial charge in [0, 0.05) is 30.9 Å². The van der Waals surface area contributed by atoms with E-state index in [-0.39, 0.29) is 36.6 Å². The fourth-order valence-corrected chi connectivity index (χ4v) is 3.06. The molecule has 0 aliphatic heterocycles. The molecular weight excluding hydrogens is 518 g/mol. The predicted molar refractivity (Wildman–Crippen MR) is 129 cm³/mol. The lowest BCUT2D eigenvalue weighted by Crippen LogP contribution is -2.43. The number of nitrogens with zero attached hydrogens (tertiary/aromatic N) is 3. The van der Waals surface area contributed by atoms with Gasteiger partial charge in [-0.1, -0.05) is 17.9 Å². The standard InChI is InChI=1S/C22H28F3N5.HI/c1-6-26-21(28-15(2)13-20-16(3)29-30(5)17(20)4)27-12-8-10-18-9-7-11-19(14-18)22(23,24)25;/h7,9,11,14-15H,6,12-13H2,1-5H3,(H2,26,27,28);1H. The van der Waals surface area contributed by atoms with Gasteiger partial charge in [-0.3, -0.25) is 4.68 Å². The van der Waals surface area contributed by atoms with Crippen molar-refractivity contribution in [3.05, 3.63) is 52.3 Å². The minimum Gasteiger partial charge on any atom is -0.357 e. The van der Waals surface area contributed by atoms with Gasteiger partial charge in [0.2, 0.25) is 0 Å². The zero-order valence-electron chi connectivity index (χ0n) is 18.4. The molecule has 0 spiro atoms. The second-order valence-electron chi connectivity index (χ2n) is 7.10. The second-order valence-corrected chi connectivity index (χ2v) is 7.10. The number of benzene rings is 1. The molecule has 0 amide bonds. The summed E-state index contributed by atoms with van der Waals surface area (Å²) in [7, 11) is 1.93. The molecule has 2 N–H and O–H groups in total. The summed E-state index contributed by atoms with van der Waals surface area (Å²) in [6.45, 7) is 8.93. The van der Waals surface area contributed by atoms with Crippen molar-refractivity contribution >= 4 is 29.9 Å². The molecule has 2 aromatic rings. The van der Waals surface area contributed by atoms with Crippen molar-refractivity contribution in [3.8, 4) is 11.8 Å². The molecule has 0 saturated heterocycles. The maximum absolute atomic E-state index is 12.8. The SMILES string of the molecule is CCNC(=NCC#Cc1cccc(C(F)(F)F)c1)NC(C)Cc1c(C)nn(C)c1C.I. The van der Waals surface area contributed by atoms with Crippen LogP contribution in [0.5, 0.6) is 0 Å². The maximum Gasteiger partial charge on any atom is 0.416 e. The molecule has 1 aromatic carbocycles. The molecule has 0 aliphatic rings. The fraction of sp³-hybridized carbons (Fsp3) is 0.455. The van der Waals surface area contributed by atoms with Crippen LogP contribution in [0.3, 0.4) is 0 Å². The Balaban J connectivity index is 0.00000480. The first-order chi connectivity index (χ1) is 14.1. The van der Waals surface area contributed by atoms with Crippen molar-refractivity contribution in [1.82, 2.24) is 20.4 Å². The summed E-state index contributed by atoms with van der Waals surface area (Å²) in [5, 5.41) is 11.0. The van der Waals surface area contributed by atoms with E-state index in [0.29, 0.717) is 18.1 Å². The molecule has 0 fully saturated rings. The molecule has 1 atom stereocenters. The molecule has 0 aliphatic carbocycles. The molecule has 2 rings (SSSR count). The third-order valence-corrected chi connectivity index (χ3v) is 4.64. The molecule has 0 radical (unpaired) electrons. The van der Waals surface area contributed by atoms with Crippen LogP contribution in [-0.2, 0) is 19.6 Å². The van der Waals surface area contributed by atoms with Gasteiger partial charge in [0.05, 0.1) is 11.3 Å². The van der Waals surface area contributed by atoms with E-state index in [0.717, 1.165) is 29.9 Å². The Kier molecular flexibility index (Phi) is 10.4. The highest BCUT2D eigenvalue weighted by molar-refractivity contribution is 14.0. The van der Waals surface area contributed by atoms with E-state index in [4.69, 9.17) is 0 Å². The van der Waals surface area contributed by atoms with E-state index >= 15 is 0 Å². The van der Waals surface area contributed by atoms with Crippen LogP contribution >= 0.6 is 24.0 Å². The molecule has 1 heterocycles. The van der Waals surface area contributed by atoms with Crippen LogP contribution in [0.1, 0.15) is 41.9 Å². The Labute approximate surface area is 198 Å². The van der Waals surface area contributed by atoms with Gasteiger partial charge >= 0.3 is 6.18 Å². The lowest BCUT2D eigenvalue weighted by atomic mass is 10.1. The first kappa shape index (κ1) is 26.8. The van der Waals surface area contributed by atoms with Crippen molar-refractivity contribution in [2.45, 2.75) is 46.3 Å². The Morgan fingerprint density at radius 3 is 2.58 bits per heavy atom. The number of guanidine groups is 1. The summed E-state index contributed by atoms with van der Waals surface area (Å²) >= 11 is 0. The van der Waals surface area contributed by atoms with E-state index < -0.39 is 11.7 Å². The van der Waals surface area contributed by atoms with Gasteiger partial charge in [-0.2, -0.15) is 18.3 Å². The molecule has 5 nitrogen and oxygen atoms in total. The number of halogens is 4. The van der Waals surface area contributed by atoms with Crippen LogP contribution in [0.25, 0.3) is 0 Å². The van der Waals surface area contributed by atoms with Crippen LogP contribution in [0, 0.1) is 25.7 Å². The normalized spacial score (nSPS) is 12.5. The Morgan fingerprint density at radius 1 is 1.29 bits per heavy atom. The Morgan fingerprint density at radius 2 is 2.00 bits per heavy atom. The zero-order valence-corrected chi connectivity index (χ0v) is 20.7. The summed E-state index contributed by atoms with van der Waals surface area (Å²) in [6, 6.07) is 5.09. The number of aryl methyl sites for hydroxylation is 2. The smallest absolute Gasteiger partial charge is 0.357 e. The molecule has 31 heavy (non-hydrogen) atoms. The van der Waals surface area contributed by atoms with Crippen molar-refractivity contribution in [3.63, 3.8) is 0 Å². The third-order valence-electron chi connectivity index (χ3n) is 4.64. The predicted octanol–water partition coefficient (Wildman–Crippen LogP) is 4.21. The third kappa shape index (κ3) is 8.09. The molecule has 1 unspecified atom stereocenters. The summed E-state index contributed by atoms with van der Waals surface area (Å²) in [4.78, 5) is 4.41. The Hall–Kier alpha value is -2.22. The lowest BCUT2D eigenvalue weighted by Gasteiger charge is -2.17. The number of alkyl halides is 3. The van der Waals surface area contributed by atoms with Crippen LogP contribution in [0.2, 0.25) is 0 Å². The summed E-state index contributed by atoms with van der Waals surface area (Å²) in [5.74, 6) is 6.17. The van der Waals surface area contributed by atoms with Crippen LogP contribution in [0.15, 0.2) is 29.3 Å². The first-order valence-electron chi connectivity index (χ1n) is 9.81. The topological polar surface area (TPSA) is 54.2 Å². The van der Waals surface area contributed by atoms with Crippen LogP contribution in [-0.4, -0.2) is 34.9 Å².